The number of hydrogen-bond donors (Lipinski definition) is 1. The highest BCUT2D eigenvalue weighted by atomic mass is 16.5. The van der Waals surface area contributed by atoms with Crippen molar-refractivity contribution in [3.05, 3.63) is 23.8 Å². The molecule has 0 saturated heterocycles. The monoisotopic (exact) mass is 267 g/mol. The SMILES string of the molecule is CCC(C)(C)OCC(N)c1ccc(OC)cc1OC. The smallest absolute Gasteiger partial charge is 0.127 e. The third-order valence-electron chi connectivity index (χ3n) is 3.35. The summed E-state index contributed by atoms with van der Waals surface area (Å²) in [5.74, 6) is 1.48. The predicted molar refractivity (Wildman–Crippen MR) is 76.8 cm³/mol. The van der Waals surface area contributed by atoms with E-state index in [1.54, 1.807) is 14.2 Å². The number of benzene rings is 1. The van der Waals surface area contributed by atoms with Crippen molar-refractivity contribution in [2.45, 2.75) is 38.8 Å². The van der Waals surface area contributed by atoms with Crippen LogP contribution < -0.4 is 15.2 Å². The quantitative estimate of drug-likeness (QED) is 0.825. The zero-order valence-electron chi connectivity index (χ0n) is 12.5. The van der Waals surface area contributed by atoms with Crippen LogP contribution in [0.4, 0.5) is 0 Å². The fourth-order valence-corrected chi connectivity index (χ4v) is 1.63. The third-order valence-corrected chi connectivity index (χ3v) is 3.35. The largest absolute Gasteiger partial charge is 0.497 e. The Labute approximate surface area is 115 Å². The maximum atomic E-state index is 6.18. The van der Waals surface area contributed by atoms with Crippen LogP contribution in [0, 0.1) is 0 Å². The van der Waals surface area contributed by atoms with Crippen molar-refractivity contribution in [1.82, 2.24) is 0 Å². The Morgan fingerprint density at radius 2 is 1.89 bits per heavy atom. The van der Waals surface area contributed by atoms with Crippen LogP contribution in [0.1, 0.15) is 38.8 Å². The molecule has 2 N–H and O–H groups in total. The van der Waals surface area contributed by atoms with Gasteiger partial charge in [0.25, 0.3) is 0 Å². The van der Waals surface area contributed by atoms with Crippen LogP contribution in [0.2, 0.25) is 0 Å². The molecule has 1 atom stereocenters. The van der Waals surface area contributed by atoms with Gasteiger partial charge in [-0.2, -0.15) is 0 Å². The Bertz CT molecular complexity index is 404. The van der Waals surface area contributed by atoms with Gasteiger partial charge in [0, 0.05) is 11.6 Å². The highest BCUT2D eigenvalue weighted by Crippen LogP contribution is 2.29. The summed E-state index contributed by atoms with van der Waals surface area (Å²) >= 11 is 0. The minimum absolute atomic E-state index is 0.155. The molecule has 0 aliphatic heterocycles. The summed E-state index contributed by atoms with van der Waals surface area (Å²) in [6.07, 6.45) is 0.944. The standard InChI is InChI=1S/C15H25NO3/c1-6-15(2,3)19-10-13(16)12-8-7-11(17-4)9-14(12)18-5/h7-9,13H,6,10,16H2,1-5H3. The van der Waals surface area contributed by atoms with E-state index in [-0.39, 0.29) is 11.6 Å². The molecule has 0 heterocycles. The Balaban J connectivity index is 2.79. The zero-order valence-corrected chi connectivity index (χ0v) is 12.5. The molecule has 0 aliphatic rings. The second-order valence-electron chi connectivity index (χ2n) is 5.14. The maximum absolute atomic E-state index is 6.18. The van der Waals surface area contributed by atoms with Gasteiger partial charge < -0.3 is 19.9 Å². The van der Waals surface area contributed by atoms with E-state index in [0.717, 1.165) is 23.5 Å². The number of rotatable bonds is 7. The van der Waals surface area contributed by atoms with Crippen LogP contribution >= 0.6 is 0 Å². The van der Waals surface area contributed by atoms with Crippen molar-refractivity contribution in [3.8, 4) is 11.5 Å². The maximum Gasteiger partial charge on any atom is 0.127 e. The van der Waals surface area contributed by atoms with Crippen LogP contribution in [0.5, 0.6) is 11.5 Å². The molecular weight excluding hydrogens is 242 g/mol. The number of methoxy groups -OCH3 is 2. The molecule has 0 amide bonds. The van der Waals surface area contributed by atoms with Gasteiger partial charge in [0.1, 0.15) is 11.5 Å². The molecule has 4 heteroatoms. The van der Waals surface area contributed by atoms with Crippen LogP contribution in [-0.2, 0) is 4.74 Å². The first-order chi connectivity index (χ1) is 8.93. The second kappa shape index (κ2) is 6.78. The van der Waals surface area contributed by atoms with Crippen molar-refractivity contribution in [2.75, 3.05) is 20.8 Å². The molecule has 1 unspecified atom stereocenters. The van der Waals surface area contributed by atoms with Gasteiger partial charge in [-0.1, -0.05) is 6.92 Å². The summed E-state index contributed by atoms with van der Waals surface area (Å²) in [6.45, 7) is 6.68. The molecule has 0 aromatic heterocycles. The molecule has 0 radical (unpaired) electrons. The number of hydrogen-bond acceptors (Lipinski definition) is 4. The average molecular weight is 267 g/mol. The van der Waals surface area contributed by atoms with Gasteiger partial charge >= 0.3 is 0 Å². The van der Waals surface area contributed by atoms with Crippen LogP contribution in [0.15, 0.2) is 18.2 Å². The minimum atomic E-state index is -0.216. The molecule has 1 aromatic carbocycles. The van der Waals surface area contributed by atoms with E-state index in [1.165, 1.54) is 0 Å². The summed E-state index contributed by atoms with van der Waals surface area (Å²) in [7, 11) is 3.25. The number of nitrogens with two attached hydrogens (primary N) is 1. The second-order valence-corrected chi connectivity index (χ2v) is 5.14. The van der Waals surface area contributed by atoms with E-state index < -0.39 is 0 Å². The molecule has 0 fully saturated rings. The molecule has 19 heavy (non-hydrogen) atoms. The minimum Gasteiger partial charge on any atom is -0.497 e. The summed E-state index contributed by atoms with van der Waals surface area (Å²) in [6, 6.07) is 5.42. The first-order valence-corrected chi connectivity index (χ1v) is 6.55. The van der Waals surface area contributed by atoms with E-state index in [9.17, 15) is 0 Å². The fraction of sp³-hybridized carbons (Fsp3) is 0.600. The molecule has 0 spiro atoms. The van der Waals surface area contributed by atoms with Gasteiger partial charge in [-0.3, -0.25) is 0 Å². The van der Waals surface area contributed by atoms with Crippen molar-refractivity contribution < 1.29 is 14.2 Å². The summed E-state index contributed by atoms with van der Waals surface area (Å²) in [4.78, 5) is 0. The molecule has 0 saturated carbocycles. The van der Waals surface area contributed by atoms with Crippen molar-refractivity contribution in [3.63, 3.8) is 0 Å². The molecular formula is C15H25NO3. The first kappa shape index (κ1) is 15.8. The average Bonchev–Trinajstić information content (AvgIpc) is 2.44. The van der Waals surface area contributed by atoms with E-state index in [0.29, 0.717) is 6.61 Å². The van der Waals surface area contributed by atoms with Crippen LogP contribution in [-0.4, -0.2) is 26.4 Å². The Kier molecular flexibility index (Phi) is 5.63. The molecule has 0 aliphatic carbocycles. The van der Waals surface area contributed by atoms with Gasteiger partial charge in [-0.05, 0) is 32.4 Å². The summed E-state index contributed by atoms with van der Waals surface area (Å²) in [5.41, 5.74) is 6.95. The van der Waals surface area contributed by atoms with E-state index in [4.69, 9.17) is 19.9 Å². The van der Waals surface area contributed by atoms with Gasteiger partial charge in [0.05, 0.1) is 32.5 Å². The lowest BCUT2D eigenvalue weighted by Gasteiger charge is -2.26. The highest BCUT2D eigenvalue weighted by molar-refractivity contribution is 5.42. The van der Waals surface area contributed by atoms with Gasteiger partial charge in [-0.25, -0.2) is 0 Å². The molecule has 0 bridgehead atoms. The van der Waals surface area contributed by atoms with Gasteiger partial charge in [0.15, 0.2) is 0 Å². The van der Waals surface area contributed by atoms with E-state index in [1.807, 2.05) is 18.2 Å². The Morgan fingerprint density at radius 3 is 2.42 bits per heavy atom. The van der Waals surface area contributed by atoms with E-state index >= 15 is 0 Å². The first-order valence-electron chi connectivity index (χ1n) is 6.55. The van der Waals surface area contributed by atoms with Crippen LogP contribution in [0.25, 0.3) is 0 Å². The highest BCUT2D eigenvalue weighted by Gasteiger charge is 2.19. The zero-order chi connectivity index (χ0) is 14.5. The van der Waals surface area contributed by atoms with Crippen LogP contribution in [0.3, 0.4) is 0 Å². The van der Waals surface area contributed by atoms with Crippen molar-refractivity contribution >= 4 is 0 Å². The van der Waals surface area contributed by atoms with Gasteiger partial charge in [-0.15, -0.1) is 0 Å². The Morgan fingerprint density at radius 1 is 1.21 bits per heavy atom. The Hall–Kier alpha value is -1.26. The predicted octanol–water partition coefficient (Wildman–Crippen LogP) is 2.91. The summed E-state index contributed by atoms with van der Waals surface area (Å²) in [5, 5.41) is 0. The molecule has 1 aromatic rings. The van der Waals surface area contributed by atoms with Crippen molar-refractivity contribution in [1.29, 1.82) is 0 Å². The van der Waals surface area contributed by atoms with Crippen molar-refractivity contribution in [2.24, 2.45) is 5.73 Å². The normalized spacial score (nSPS) is 13.2. The topological polar surface area (TPSA) is 53.7 Å². The third kappa shape index (κ3) is 4.40. The lowest BCUT2D eigenvalue weighted by Crippen LogP contribution is -2.28. The fourth-order valence-electron chi connectivity index (χ4n) is 1.63. The van der Waals surface area contributed by atoms with Gasteiger partial charge in [0.2, 0.25) is 0 Å². The number of ether oxygens (including phenoxy) is 3. The van der Waals surface area contributed by atoms with E-state index in [2.05, 4.69) is 20.8 Å². The lowest BCUT2D eigenvalue weighted by molar-refractivity contribution is -0.0269. The molecule has 108 valence electrons. The molecule has 4 nitrogen and oxygen atoms in total. The molecule has 1 rings (SSSR count). The summed E-state index contributed by atoms with van der Waals surface area (Å²) < 4.78 is 16.4. The lowest BCUT2D eigenvalue weighted by atomic mass is 10.0.